The predicted octanol–water partition coefficient (Wildman–Crippen LogP) is 3.08. The molecule has 7 nitrogen and oxygen atoms in total. The SMILES string of the molecule is COC(=O)c1cc(C)c([C@@H]2CN(c3cc(Cl)nnc3N)C[C@H](C)O2)cc1C. The number of nitrogens with zero attached hydrogens (tertiary/aromatic N) is 3. The van der Waals surface area contributed by atoms with E-state index in [0.717, 1.165) is 22.4 Å². The van der Waals surface area contributed by atoms with Crippen molar-refractivity contribution >= 4 is 29.1 Å². The molecule has 144 valence electrons. The number of halogens is 1. The van der Waals surface area contributed by atoms with Gasteiger partial charge in [0, 0.05) is 19.2 Å². The van der Waals surface area contributed by atoms with Gasteiger partial charge in [-0.2, -0.15) is 0 Å². The molecule has 0 aliphatic carbocycles. The third kappa shape index (κ3) is 3.99. The summed E-state index contributed by atoms with van der Waals surface area (Å²) in [4.78, 5) is 14.0. The molecule has 2 atom stereocenters. The number of carbonyl (C=O) groups is 1. The number of esters is 1. The molecule has 2 N–H and O–H groups in total. The fourth-order valence-corrected chi connectivity index (χ4v) is 3.60. The molecule has 27 heavy (non-hydrogen) atoms. The molecule has 0 unspecified atom stereocenters. The molecule has 0 bridgehead atoms. The largest absolute Gasteiger partial charge is 0.465 e. The molecule has 1 aromatic carbocycles. The number of ether oxygens (including phenoxy) is 2. The van der Waals surface area contributed by atoms with Crippen LogP contribution in [0.1, 0.15) is 40.1 Å². The van der Waals surface area contributed by atoms with Crippen molar-refractivity contribution in [3.8, 4) is 0 Å². The highest BCUT2D eigenvalue weighted by molar-refractivity contribution is 6.29. The summed E-state index contributed by atoms with van der Waals surface area (Å²) >= 11 is 6.00. The Bertz CT molecular complexity index is 874. The monoisotopic (exact) mass is 390 g/mol. The first-order chi connectivity index (χ1) is 12.8. The summed E-state index contributed by atoms with van der Waals surface area (Å²) in [5.74, 6) is -0.00632. The zero-order chi connectivity index (χ0) is 19.7. The molecule has 0 radical (unpaired) electrons. The molecule has 2 heterocycles. The van der Waals surface area contributed by atoms with Gasteiger partial charge in [-0.25, -0.2) is 4.79 Å². The number of aryl methyl sites for hydroxylation is 2. The highest BCUT2D eigenvalue weighted by Gasteiger charge is 2.30. The normalized spacial score (nSPS) is 19.8. The van der Waals surface area contributed by atoms with Gasteiger partial charge in [-0.1, -0.05) is 17.7 Å². The van der Waals surface area contributed by atoms with Crippen LogP contribution >= 0.6 is 11.6 Å². The van der Waals surface area contributed by atoms with Crippen LogP contribution in [0.25, 0.3) is 0 Å². The van der Waals surface area contributed by atoms with Gasteiger partial charge >= 0.3 is 5.97 Å². The highest BCUT2D eigenvalue weighted by Crippen LogP contribution is 2.34. The van der Waals surface area contributed by atoms with Crippen LogP contribution in [0.5, 0.6) is 0 Å². The summed E-state index contributed by atoms with van der Waals surface area (Å²) in [5, 5.41) is 7.99. The minimum atomic E-state index is -0.341. The molecular weight excluding hydrogens is 368 g/mol. The maximum Gasteiger partial charge on any atom is 0.338 e. The number of rotatable bonds is 3. The lowest BCUT2D eigenvalue weighted by Gasteiger charge is -2.39. The van der Waals surface area contributed by atoms with E-state index in [1.54, 1.807) is 6.07 Å². The van der Waals surface area contributed by atoms with Crippen molar-refractivity contribution in [1.29, 1.82) is 0 Å². The van der Waals surface area contributed by atoms with Crippen molar-refractivity contribution in [3.05, 3.63) is 45.6 Å². The van der Waals surface area contributed by atoms with Crippen molar-refractivity contribution in [3.63, 3.8) is 0 Å². The number of benzene rings is 1. The third-order valence-electron chi connectivity index (χ3n) is 4.74. The Morgan fingerprint density at radius 3 is 2.70 bits per heavy atom. The van der Waals surface area contributed by atoms with Crippen LogP contribution in [0.2, 0.25) is 5.15 Å². The number of nitrogen functional groups attached to an aromatic ring is 1. The van der Waals surface area contributed by atoms with Crippen molar-refractivity contribution in [2.24, 2.45) is 0 Å². The summed E-state index contributed by atoms with van der Waals surface area (Å²) in [7, 11) is 1.38. The van der Waals surface area contributed by atoms with Gasteiger partial charge in [-0.3, -0.25) is 0 Å². The van der Waals surface area contributed by atoms with Crippen molar-refractivity contribution < 1.29 is 14.3 Å². The Morgan fingerprint density at radius 1 is 1.26 bits per heavy atom. The van der Waals surface area contributed by atoms with Crippen molar-refractivity contribution in [2.75, 3.05) is 30.8 Å². The number of hydrogen-bond acceptors (Lipinski definition) is 7. The third-order valence-corrected chi connectivity index (χ3v) is 4.92. The smallest absolute Gasteiger partial charge is 0.338 e. The summed E-state index contributed by atoms with van der Waals surface area (Å²) < 4.78 is 11.0. The lowest BCUT2D eigenvalue weighted by molar-refractivity contribution is -0.0177. The molecule has 0 saturated carbocycles. The van der Waals surface area contributed by atoms with E-state index < -0.39 is 0 Å². The van der Waals surface area contributed by atoms with Gasteiger partial charge in [-0.05, 0) is 43.5 Å². The molecule has 1 aliphatic heterocycles. The Hall–Kier alpha value is -2.38. The molecule has 0 amide bonds. The number of nitrogens with two attached hydrogens (primary N) is 1. The number of hydrogen-bond donors (Lipinski definition) is 1. The van der Waals surface area contributed by atoms with Gasteiger partial charge in [0.1, 0.15) is 6.10 Å². The van der Waals surface area contributed by atoms with E-state index in [1.165, 1.54) is 7.11 Å². The quantitative estimate of drug-likeness (QED) is 0.805. The standard InChI is InChI=1S/C19H23ClN4O3/c1-10-6-14(19(25)26-4)11(2)5-13(10)16-9-24(8-12(3)27-16)15-7-17(20)22-23-18(15)21/h5-7,12,16H,8-9H2,1-4H3,(H2,21,23)/t12-,16-/m0/s1. The van der Waals surface area contributed by atoms with E-state index in [2.05, 4.69) is 15.1 Å². The number of carbonyl (C=O) groups excluding carboxylic acids is 1. The van der Waals surface area contributed by atoms with Gasteiger partial charge in [0.05, 0.1) is 24.5 Å². The molecule has 1 saturated heterocycles. The molecule has 0 spiro atoms. The van der Waals surface area contributed by atoms with Crippen LogP contribution in [0.15, 0.2) is 18.2 Å². The van der Waals surface area contributed by atoms with Crippen LogP contribution in [-0.2, 0) is 9.47 Å². The van der Waals surface area contributed by atoms with Gasteiger partial charge in [-0.15, -0.1) is 10.2 Å². The van der Waals surface area contributed by atoms with Crippen LogP contribution in [-0.4, -0.2) is 42.5 Å². The van der Waals surface area contributed by atoms with Crippen molar-refractivity contribution in [2.45, 2.75) is 33.0 Å². The van der Waals surface area contributed by atoms with E-state index >= 15 is 0 Å². The predicted molar refractivity (Wildman–Crippen MR) is 104 cm³/mol. The van der Waals surface area contributed by atoms with E-state index in [-0.39, 0.29) is 18.2 Å². The second-order valence-corrected chi connectivity index (χ2v) is 7.18. The van der Waals surface area contributed by atoms with Gasteiger partial charge in [0.2, 0.25) is 0 Å². The lowest BCUT2D eigenvalue weighted by Crippen LogP contribution is -2.43. The minimum absolute atomic E-state index is 0.0184. The summed E-state index contributed by atoms with van der Waals surface area (Å²) in [5.41, 5.74) is 10.2. The van der Waals surface area contributed by atoms with Gasteiger partial charge in [0.25, 0.3) is 0 Å². The molecule has 2 aromatic rings. The van der Waals surface area contributed by atoms with E-state index in [1.807, 2.05) is 32.9 Å². The van der Waals surface area contributed by atoms with E-state index in [4.69, 9.17) is 26.8 Å². The lowest BCUT2D eigenvalue weighted by atomic mass is 9.95. The highest BCUT2D eigenvalue weighted by atomic mass is 35.5. The molecule has 3 rings (SSSR count). The first-order valence-corrected chi connectivity index (χ1v) is 9.06. The summed E-state index contributed by atoms with van der Waals surface area (Å²) in [6.45, 7) is 7.13. The summed E-state index contributed by atoms with van der Waals surface area (Å²) in [6.07, 6.45) is -0.194. The Balaban J connectivity index is 1.94. The number of anilines is 2. The first kappa shape index (κ1) is 19.4. The average molecular weight is 391 g/mol. The molecular formula is C19H23ClN4O3. The van der Waals surface area contributed by atoms with Crippen LogP contribution in [0.4, 0.5) is 11.5 Å². The number of methoxy groups -OCH3 is 1. The topological polar surface area (TPSA) is 90.6 Å². The first-order valence-electron chi connectivity index (χ1n) is 8.68. The van der Waals surface area contributed by atoms with Crippen LogP contribution in [0.3, 0.4) is 0 Å². The Morgan fingerprint density at radius 2 is 2.00 bits per heavy atom. The second-order valence-electron chi connectivity index (χ2n) is 6.79. The van der Waals surface area contributed by atoms with Gasteiger partial charge in [0.15, 0.2) is 11.0 Å². The fourth-order valence-electron chi connectivity index (χ4n) is 3.46. The Kier molecular flexibility index (Phi) is 5.53. The second kappa shape index (κ2) is 7.70. The van der Waals surface area contributed by atoms with Crippen molar-refractivity contribution in [1.82, 2.24) is 10.2 Å². The Labute approximate surface area is 163 Å². The number of morpholine rings is 1. The van der Waals surface area contributed by atoms with Crippen LogP contribution in [0, 0.1) is 13.8 Å². The fraction of sp³-hybridized carbons (Fsp3) is 0.421. The average Bonchev–Trinajstić information content (AvgIpc) is 2.64. The minimum Gasteiger partial charge on any atom is -0.465 e. The number of aromatic nitrogens is 2. The zero-order valence-electron chi connectivity index (χ0n) is 15.8. The molecule has 1 aromatic heterocycles. The zero-order valence-corrected chi connectivity index (χ0v) is 16.6. The van der Waals surface area contributed by atoms with E-state index in [0.29, 0.717) is 29.6 Å². The molecule has 8 heteroatoms. The summed E-state index contributed by atoms with van der Waals surface area (Å²) in [6, 6.07) is 5.56. The van der Waals surface area contributed by atoms with Gasteiger partial charge < -0.3 is 20.1 Å². The van der Waals surface area contributed by atoms with Crippen LogP contribution < -0.4 is 10.6 Å². The maximum atomic E-state index is 11.9. The molecule has 1 fully saturated rings. The maximum absolute atomic E-state index is 11.9. The van der Waals surface area contributed by atoms with E-state index in [9.17, 15) is 4.79 Å². The molecule has 1 aliphatic rings.